The van der Waals surface area contributed by atoms with Gasteiger partial charge in [-0.2, -0.15) is 0 Å². The van der Waals surface area contributed by atoms with E-state index in [1.54, 1.807) is 19.3 Å². The minimum atomic E-state index is -0.519. The van der Waals surface area contributed by atoms with Gasteiger partial charge in [0, 0.05) is 15.1 Å². The number of methoxy groups -OCH3 is 1. The van der Waals surface area contributed by atoms with E-state index < -0.39 is 5.97 Å². The third-order valence-corrected chi connectivity index (χ3v) is 5.68. The number of halogens is 2. The van der Waals surface area contributed by atoms with Crippen molar-refractivity contribution >= 4 is 62.6 Å². The predicted octanol–water partition coefficient (Wildman–Crippen LogP) is 5.56. The largest absolute Gasteiger partial charge is 0.497 e. The van der Waals surface area contributed by atoms with E-state index in [1.807, 2.05) is 36.4 Å². The molecule has 0 saturated heterocycles. The molecule has 0 atom stereocenters. The minimum absolute atomic E-state index is 0.200. The fourth-order valence-corrected chi connectivity index (χ4v) is 4.29. The highest BCUT2D eigenvalue weighted by molar-refractivity contribution is 7.21. The number of cyclic esters (lactones) is 1. The van der Waals surface area contributed by atoms with Crippen LogP contribution in [0.3, 0.4) is 0 Å². The average Bonchev–Trinajstić information content (AvgIpc) is 3.15. The molecule has 130 valence electrons. The zero-order chi connectivity index (χ0) is 18.3. The van der Waals surface area contributed by atoms with Crippen molar-refractivity contribution in [3.8, 4) is 5.75 Å². The van der Waals surface area contributed by atoms with Crippen molar-refractivity contribution in [2.24, 2.45) is 4.99 Å². The molecule has 0 unspecified atom stereocenters. The van der Waals surface area contributed by atoms with Crippen LogP contribution in [-0.4, -0.2) is 19.0 Å². The number of nitrogens with zero attached hydrogens (tertiary/aromatic N) is 1. The summed E-state index contributed by atoms with van der Waals surface area (Å²) >= 11 is 13.9. The van der Waals surface area contributed by atoms with Crippen molar-refractivity contribution in [3.63, 3.8) is 0 Å². The van der Waals surface area contributed by atoms with Crippen molar-refractivity contribution in [3.05, 3.63) is 68.6 Å². The van der Waals surface area contributed by atoms with Crippen LogP contribution in [0.15, 0.2) is 53.2 Å². The van der Waals surface area contributed by atoms with Crippen LogP contribution in [0.2, 0.25) is 10.0 Å². The Morgan fingerprint density at radius 1 is 1.19 bits per heavy atom. The maximum Gasteiger partial charge on any atom is 0.363 e. The zero-order valence-electron chi connectivity index (χ0n) is 13.5. The first-order valence-electron chi connectivity index (χ1n) is 7.59. The number of aliphatic imine (C=N–C) groups is 1. The molecule has 0 saturated carbocycles. The number of thiophene rings is 1. The van der Waals surface area contributed by atoms with E-state index in [0.717, 1.165) is 15.6 Å². The Morgan fingerprint density at radius 2 is 2.04 bits per heavy atom. The Bertz CT molecular complexity index is 1100. The standard InChI is InChI=1S/C19H11Cl2NO3S/c1-24-12-4-2-3-10(7-12)8-14-19(23)25-18(22-14)17-16(21)13-6-5-11(20)9-15(13)26-17/h2-9H,1H3/b14-8+. The van der Waals surface area contributed by atoms with Crippen LogP contribution >= 0.6 is 34.5 Å². The van der Waals surface area contributed by atoms with Crippen molar-refractivity contribution in [1.29, 1.82) is 0 Å². The van der Waals surface area contributed by atoms with Gasteiger partial charge in [0.15, 0.2) is 5.70 Å². The Kier molecular flexibility index (Phi) is 4.44. The Morgan fingerprint density at radius 3 is 2.85 bits per heavy atom. The Labute approximate surface area is 163 Å². The molecule has 3 aromatic rings. The molecule has 0 fully saturated rings. The maximum absolute atomic E-state index is 12.2. The SMILES string of the molecule is COc1cccc(/C=C2/N=C(c3sc4cc(Cl)ccc4c3Cl)OC2=O)c1. The number of carbonyl (C=O) groups is 1. The molecule has 0 aliphatic carbocycles. The molecule has 0 amide bonds. The smallest absolute Gasteiger partial charge is 0.363 e. The van der Waals surface area contributed by atoms with E-state index in [2.05, 4.69) is 4.99 Å². The number of hydrogen-bond acceptors (Lipinski definition) is 5. The van der Waals surface area contributed by atoms with Gasteiger partial charge in [0.25, 0.3) is 0 Å². The monoisotopic (exact) mass is 403 g/mol. The van der Waals surface area contributed by atoms with E-state index in [4.69, 9.17) is 32.7 Å². The summed E-state index contributed by atoms with van der Waals surface area (Å²) in [6.45, 7) is 0. The fourth-order valence-electron chi connectivity index (χ4n) is 2.57. The summed E-state index contributed by atoms with van der Waals surface area (Å²) in [5.74, 6) is 0.375. The number of ether oxygens (including phenoxy) is 2. The Balaban J connectivity index is 1.74. The van der Waals surface area contributed by atoms with Crippen molar-refractivity contribution in [2.45, 2.75) is 0 Å². The van der Waals surface area contributed by atoms with Gasteiger partial charge in [0.2, 0.25) is 5.90 Å². The number of carbonyl (C=O) groups excluding carboxylic acids is 1. The third-order valence-electron chi connectivity index (χ3n) is 3.80. The summed E-state index contributed by atoms with van der Waals surface area (Å²) in [5, 5.41) is 1.96. The molecule has 26 heavy (non-hydrogen) atoms. The summed E-state index contributed by atoms with van der Waals surface area (Å²) < 4.78 is 11.4. The molecule has 2 heterocycles. The molecule has 7 heteroatoms. The molecule has 4 nitrogen and oxygen atoms in total. The lowest BCUT2D eigenvalue weighted by Gasteiger charge is -2.00. The number of benzene rings is 2. The number of fused-ring (bicyclic) bond motifs is 1. The molecular formula is C19H11Cl2NO3S. The van der Waals surface area contributed by atoms with Crippen molar-refractivity contribution < 1.29 is 14.3 Å². The van der Waals surface area contributed by atoms with E-state index in [1.165, 1.54) is 11.3 Å². The lowest BCUT2D eigenvalue weighted by Crippen LogP contribution is -2.04. The fraction of sp³-hybridized carbons (Fsp3) is 0.0526. The first-order valence-corrected chi connectivity index (χ1v) is 9.17. The van der Waals surface area contributed by atoms with Gasteiger partial charge in [-0.25, -0.2) is 9.79 Å². The quantitative estimate of drug-likeness (QED) is 0.424. The molecular weight excluding hydrogens is 393 g/mol. The van der Waals surface area contributed by atoms with Gasteiger partial charge in [-0.1, -0.05) is 41.4 Å². The minimum Gasteiger partial charge on any atom is -0.497 e. The van der Waals surface area contributed by atoms with Gasteiger partial charge in [0.05, 0.1) is 12.1 Å². The topological polar surface area (TPSA) is 47.9 Å². The number of esters is 1. The van der Waals surface area contributed by atoms with Gasteiger partial charge >= 0.3 is 5.97 Å². The van der Waals surface area contributed by atoms with Crippen LogP contribution < -0.4 is 4.74 Å². The van der Waals surface area contributed by atoms with Crippen molar-refractivity contribution in [2.75, 3.05) is 7.11 Å². The van der Waals surface area contributed by atoms with Crippen LogP contribution in [0.5, 0.6) is 5.75 Å². The first-order chi connectivity index (χ1) is 12.5. The second-order valence-electron chi connectivity index (χ2n) is 5.50. The highest BCUT2D eigenvalue weighted by Crippen LogP contribution is 2.38. The summed E-state index contributed by atoms with van der Waals surface area (Å²) in [6, 6.07) is 12.7. The van der Waals surface area contributed by atoms with E-state index >= 15 is 0 Å². The van der Waals surface area contributed by atoms with E-state index in [-0.39, 0.29) is 11.6 Å². The molecule has 1 aliphatic rings. The van der Waals surface area contributed by atoms with Gasteiger partial charge < -0.3 is 9.47 Å². The van der Waals surface area contributed by atoms with Gasteiger partial charge in [0.1, 0.15) is 10.6 Å². The average molecular weight is 404 g/mol. The molecule has 0 spiro atoms. The van der Waals surface area contributed by atoms with Crippen LogP contribution in [0.4, 0.5) is 0 Å². The van der Waals surface area contributed by atoms with Gasteiger partial charge in [-0.3, -0.25) is 0 Å². The van der Waals surface area contributed by atoms with E-state index in [9.17, 15) is 4.79 Å². The lowest BCUT2D eigenvalue weighted by molar-refractivity contribution is -0.129. The summed E-state index contributed by atoms with van der Waals surface area (Å²) in [6.07, 6.45) is 1.65. The lowest BCUT2D eigenvalue weighted by atomic mass is 10.2. The van der Waals surface area contributed by atoms with Crippen LogP contribution in [0, 0.1) is 0 Å². The summed E-state index contributed by atoms with van der Waals surface area (Å²) in [4.78, 5) is 17.1. The second-order valence-corrected chi connectivity index (χ2v) is 7.36. The molecule has 0 bridgehead atoms. The number of rotatable bonds is 3. The highest BCUT2D eigenvalue weighted by Gasteiger charge is 2.28. The van der Waals surface area contributed by atoms with Crippen LogP contribution in [0.1, 0.15) is 10.4 Å². The molecule has 0 radical (unpaired) electrons. The van der Waals surface area contributed by atoms with Crippen LogP contribution in [0.25, 0.3) is 16.2 Å². The second kappa shape index (κ2) is 6.76. The van der Waals surface area contributed by atoms with Gasteiger partial charge in [-0.05, 0) is 35.9 Å². The maximum atomic E-state index is 12.2. The van der Waals surface area contributed by atoms with Crippen LogP contribution in [-0.2, 0) is 9.53 Å². The van der Waals surface area contributed by atoms with Gasteiger partial charge in [-0.15, -0.1) is 11.3 Å². The number of hydrogen-bond donors (Lipinski definition) is 0. The van der Waals surface area contributed by atoms with E-state index in [0.29, 0.717) is 20.7 Å². The van der Waals surface area contributed by atoms with Crippen molar-refractivity contribution in [1.82, 2.24) is 0 Å². The predicted molar refractivity (Wildman–Crippen MR) is 105 cm³/mol. The highest BCUT2D eigenvalue weighted by atomic mass is 35.5. The third kappa shape index (κ3) is 3.09. The molecule has 1 aromatic heterocycles. The Hall–Kier alpha value is -2.34. The molecule has 1 aliphatic heterocycles. The molecule has 2 aromatic carbocycles. The first kappa shape index (κ1) is 17.1. The molecule has 0 N–H and O–H groups in total. The normalized spacial score (nSPS) is 15.4. The summed E-state index contributed by atoms with van der Waals surface area (Å²) in [5.41, 5.74) is 0.996. The summed E-state index contributed by atoms with van der Waals surface area (Å²) in [7, 11) is 1.59. The molecule has 4 rings (SSSR count). The zero-order valence-corrected chi connectivity index (χ0v) is 15.8.